The lowest BCUT2D eigenvalue weighted by atomic mass is 10.1. The molecule has 3 aromatic rings. The van der Waals surface area contributed by atoms with Gasteiger partial charge in [-0.2, -0.15) is 0 Å². The van der Waals surface area contributed by atoms with Crippen molar-refractivity contribution in [2.24, 2.45) is 0 Å². The fourth-order valence-corrected chi connectivity index (χ4v) is 3.30. The van der Waals surface area contributed by atoms with Crippen LogP contribution in [0.4, 0.5) is 17.1 Å². The molecule has 2 amide bonds. The lowest BCUT2D eigenvalue weighted by molar-refractivity contribution is -0.384. The fourth-order valence-electron chi connectivity index (χ4n) is 2.87. The van der Waals surface area contributed by atoms with E-state index in [4.69, 9.17) is 27.9 Å². The number of nitrogens with one attached hydrogen (secondary N) is 2. The Balaban J connectivity index is 1.60. The summed E-state index contributed by atoms with van der Waals surface area (Å²) in [5, 5.41) is 16.5. The van der Waals surface area contributed by atoms with Gasteiger partial charge in [-0.1, -0.05) is 23.2 Å². The van der Waals surface area contributed by atoms with Gasteiger partial charge in [0.1, 0.15) is 5.75 Å². The van der Waals surface area contributed by atoms with Gasteiger partial charge < -0.3 is 15.4 Å². The van der Waals surface area contributed by atoms with Crippen molar-refractivity contribution < 1.29 is 19.2 Å². The third kappa shape index (κ3) is 3.78. The molecule has 0 saturated carbocycles. The Kier molecular flexibility index (Phi) is 5.03. The Morgan fingerprint density at radius 3 is 2.53 bits per heavy atom. The van der Waals surface area contributed by atoms with Crippen LogP contribution in [0, 0.1) is 10.1 Å². The van der Waals surface area contributed by atoms with Gasteiger partial charge in [-0.15, -0.1) is 0 Å². The first kappa shape index (κ1) is 19.7. The molecular weight excluding hydrogens is 433 g/mol. The smallest absolute Gasteiger partial charge is 0.270 e. The van der Waals surface area contributed by atoms with Crippen LogP contribution in [0.2, 0.25) is 10.0 Å². The van der Waals surface area contributed by atoms with Crippen molar-refractivity contribution in [2.45, 2.75) is 0 Å². The van der Waals surface area contributed by atoms with Gasteiger partial charge in [-0.05, 0) is 42.5 Å². The number of carbonyl (C=O) groups excluding carboxylic acids is 2. The van der Waals surface area contributed by atoms with Crippen LogP contribution >= 0.6 is 23.2 Å². The molecule has 0 bridgehead atoms. The maximum Gasteiger partial charge on any atom is 0.270 e. The van der Waals surface area contributed by atoms with Crippen molar-refractivity contribution in [2.75, 3.05) is 10.6 Å². The molecule has 10 heteroatoms. The molecule has 1 heterocycles. The van der Waals surface area contributed by atoms with Crippen LogP contribution in [0.1, 0.15) is 20.7 Å². The second kappa shape index (κ2) is 7.66. The van der Waals surface area contributed by atoms with E-state index in [1.807, 2.05) is 0 Å². The Morgan fingerprint density at radius 2 is 1.80 bits per heavy atom. The van der Waals surface area contributed by atoms with Crippen LogP contribution in [-0.4, -0.2) is 16.7 Å². The largest absolute Gasteiger partial charge is 0.454 e. The summed E-state index contributed by atoms with van der Waals surface area (Å²) in [4.78, 5) is 35.4. The topological polar surface area (TPSA) is 111 Å². The summed E-state index contributed by atoms with van der Waals surface area (Å²) in [6.45, 7) is 0. The molecule has 3 aromatic carbocycles. The van der Waals surface area contributed by atoms with E-state index in [1.54, 1.807) is 30.3 Å². The van der Waals surface area contributed by atoms with Crippen molar-refractivity contribution >= 4 is 52.1 Å². The number of nitrogens with zero attached hydrogens (tertiary/aromatic N) is 1. The van der Waals surface area contributed by atoms with Gasteiger partial charge in [0, 0.05) is 22.8 Å². The van der Waals surface area contributed by atoms with E-state index in [0.717, 1.165) is 6.07 Å². The molecule has 0 atom stereocenters. The molecule has 0 saturated heterocycles. The number of rotatable bonds is 3. The number of hydrogen-bond donors (Lipinski definition) is 2. The minimum atomic E-state index is -0.607. The highest BCUT2D eigenvalue weighted by Crippen LogP contribution is 2.38. The average Bonchev–Trinajstić information content (AvgIpc) is 2.83. The Hall–Kier alpha value is -3.62. The Bertz CT molecular complexity index is 1230. The molecular formula is C20H11Cl2N3O5. The van der Waals surface area contributed by atoms with E-state index in [1.165, 1.54) is 18.2 Å². The lowest BCUT2D eigenvalue weighted by Crippen LogP contribution is -2.14. The predicted octanol–water partition coefficient (Wildman–Crippen LogP) is 5.51. The van der Waals surface area contributed by atoms with E-state index in [0.29, 0.717) is 27.9 Å². The van der Waals surface area contributed by atoms with Gasteiger partial charge in [0.25, 0.3) is 17.5 Å². The summed E-state index contributed by atoms with van der Waals surface area (Å²) in [6, 6.07) is 12.9. The van der Waals surface area contributed by atoms with Crippen molar-refractivity contribution in [1.29, 1.82) is 0 Å². The first-order valence-electron chi connectivity index (χ1n) is 8.50. The molecule has 150 valence electrons. The summed E-state index contributed by atoms with van der Waals surface area (Å²) in [7, 11) is 0. The summed E-state index contributed by atoms with van der Waals surface area (Å²) >= 11 is 12.0. The third-order valence-corrected chi connectivity index (χ3v) is 4.85. The highest BCUT2D eigenvalue weighted by atomic mass is 35.5. The standard InChI is InChI=1S/C20H11Cl2N3O5/c21-10-1-5-18-16(7-10)24-20(27)14-8-11(2-6-17(14)30-18)23-19(26)13-4-3-12(25(28)29)9-15(13)22/h1-9H,(H,23,26)(H,24,27). The fraction of sp³-hybridized carbons (Fsp3) is 0. The minimum absolute atomic E-state index is 0.0555. The van der Waals surface area contributed by atoms with Crippen molar-refractivity contribution in [1.82, 2.24) is 0 Å². The third-order valence-electron chi connectivity index (χ3n) is 4.30. The van der Waals surface area contributed by atoms with E-state index < -0.39 is 16.7 Å². The second-order valence-corrected chi connectivity index (χ2v) is 7.13. The normalized spacial score (nSPS) is 12.0. The molecule has 4 rings (SSSR count). The molecule has 2 N–H and O–H groups in total. The van der Waals surface area contributed by atoms with Crippen molar-refractivity contribution in [3.8, 4) is 11.5 Å². The summed E-state index contributed by atoms with van der Waals surface area (Å²) in [5.74, 6) is -0.281. The Labute approximate surface area is 179 Å². The molecule has 0 radical (unpaired) electrons. The van der Waals surface area contributed by atoms with Gasteiger partial charge in [0.05, 0.1) is 26.8 Å². The number of carbonyl (C=O) groups is 2. The zero-order chi connectivity index (χ0) is 21.4. The predicted molar refractivity (Wildman–Crippen MR) is 112 cm³/mol. The molecule has 0 aromatic heterocycles. The SMILES string of the molecule is O=C(Nc1ccc2c(c1)C(=O)Nc1cc(Cl)ccc1O2)c1ccc([N+](=O)[O-])cc1Cl. The first-order chi connectivity index (χ1) is 14.3. The Morgan fingerprint density at radius 1 is 1.03 bits per heavy atom. The van der Waals surface area contributed by atoms with Crippen LogP contribution in [0.3, 0.4) is 0 Å². The number of nitro groups is 1. The average molecular weight is 444 g/mol. The number of non-ortho nitro benzene ring substituents is 1. The monoisotopic (exact) mass is 443 g/mol. The molecule has 0 unspecified atom stereocenters. The molecule has 8 nitrogen and oxygen atoms in total. The lowest BCUT2D eigenvalue weighted by Gasteiger charge is -2.10. The van der Waals surface area contributed by atoms with E-state index >= 15 is 0 Å². The second-order valence-electron chi connectivity index (χ2n) is 6.28. The number of hydrogen-bond acceptors (Lipinski definition) is 5. The maximum atomic E-state index is 12.6. The van der Waals surface area contributed by atoms with Crippen molar-refractivity contribution in [3.05, 3.63) is 85.9 Å². The summed E-state index contributed by atoms with van der Waals surface area (Å²) in [6.07, 6.45) is 0. The number of anilines is 2. The van der Waals surface area contributed by atoms with Gasteiger partial charge in [-0.3, -0.25) is 19.7 Å². The van der Waals surface area contributed by atoms with Crippen LogP contribution in [-0.2, 0) is 0 Å². The van der Waals surface area contributed by atoms with Crippen LogP contribution in [0.5, 0.6) is 11.5 Å². The molecule has 1 aliphatic heterocycles. The van der Waals surface area contributed by atoms with Gasteiger partial charge in [0.15, 0.2) is 5.75 Å². The zero-order valence-corrected chi connectivity index (χ0v) is 16.5. The zero-order valence-electron chi connectivity index (χ0n) is 14.9. The number of ether oxygens (including phenoxy) is 1. The molecule has 0 aliphatic carbocycles. The number of fused-ring (bicyclic) bond motifs is 2. The minimum Gasteiger partial charge on any atom is -0.454 e. The van der Waals surface area contributed by atoms with Crippen LogP contribution in [0.15, 0.2) is 54.6 Å². The summed E-state index contributed by atoms with van der Waals surface area (Å²) in [5.41, 5.74) is 0.771. The van der Waals surface area contributed by atoms with E-state index in [-0.39, 0.29) is 21.8 Å². The highest BCUT2D eigenvalue weighted by molar-refractivity contribution is 6.34. The number of halogens is 2. The quantitative estimate of drug-likeness (QED) is 0.409. The van der Waals surface area contributed by atoms with Gasteiger partial charge in [0.2, 0.25) is 0 Å². The van der Waals surface area contributed by atoms with E-state index in [9.17, 15) is 19.7 Å². The molecule has 1 aliphatic rings. The van der Waals surface area contributed by atoms with Crippen molar-refractivity contribution in [3.63, 3.8) is 0 Å². The van der Waals surface area contributed by atoms with Gasteiger partial charge in [-0.25, -0.2) is 0 Å². The summed E-state index contributed by atoms with van der Waals surface area (Å²) < 4.78 is 5.79. The number of benzene rings is 3. The number of nitro benzene ring substituents is 1. The van der Waals surface area contributed by atoms with Crippen LogP contribution in [0.25, 0.3) is 0 Å². The van der Waals surface area contributed by atoms with Crippen LogP contribution < -0.4 is 15.4 Å². The molecule has 0 spiro atoms. The molecule has 0 fully saturated rings. The first-order valence-corrected chi connectivity index (χ1v) is 9.25. The van der Waals surface area contributed by atoms with E-state index in [2.05, 4.69) is 10.6 Å². The maximum absolute atomic E-state index is 12.6. The highest BCUT2D eigenvalue weighted by Gasteiger charge is 2.22. The molecule has 30 heavy (non-hydrogen) atoms. The number of amides is 2. The van der Waals surface area contributed by atoms with Gasteiger partial charge >= 0.3 is 0 Å².